The first-order valence-corrected chi connectivity index (χ1v) is 6.57. The zero-order chi connectivity index (χ0) is 12.9. The van der Waals surface area contributed by atoms with Gasteiger partial charge in [0.1, 0.15) is 6.33 Å². The number of rotatable bonds is 4. The van der Waals surface area contributed by atoms with Crippen LogP contribution in [0.2, 0.25) is 0 Å². The number of ether oxygens (including phenoxy) is 1. The molecule has 1 unspecified atom stereocenters. The molecule has 2 heterocycles. The minimum absolute atomic E-state index is 0.602. The Bertz CT molecular complexity index is 508. The fourth-order valence-electron chi connectivity index (χ4n) is 2.27. The molecule has 0 radical (unpaired) electrons. The number of hydrogen-bond acceptors (Lipinski definition) is 5. The second-order valence-corrected chi connectivity index (χ2v) is 4.77. The second kappa shape index (κ2) is 5.79. The summed E-state index contributed by atoms with van der Waals surface area (Å²) >= 11 is 0. The van der Waals surface area contributed by atoms with Crippen LogP contribution in [0.4, 0.5) is 5.69 Å². The summed E-state index contributed by atoms with van der Waals surface area (Å²) in [6.45, 7) is 2.71. The van der Waals surface area contributed by atoms with Gasteiger partial charge in [-0.05, 0) is 47.4 Å². The number of anilines is 1. The van der Waals surface area contributed by atoms with Gasteiger partial charge in [-0.15, -0.1) is 5.10 Å². The molecule has 0 saturated carbocycles. The number of nitrogens with one attached hydrogen (secondary N) is 1. The SMILES string of the molecule is c1cc(NCC2CCCOC2)cc(-n2cnnn2)c1. The Morgan fingerprint density at radius 2 is 2.42 bits per heavy atom. The van der Waals surface area contributed by atoms with Crippen molar-refractivity contribution in [3.05, 3.63) is 30.6 Å². The van der Waals surface area contributed by atoms with Crippen LogP contribution in [0.1, 0.15) is 12.8 Å². The maximum Gasteiger partial charge on any atom is 0.143 e. The van der Waals surface area contributed by atoms with E-state index >= 15 is 0 Å². The first-order valence-electron chi connectivity index (χ1n) is 6.57. The van der Waals surface area contributed by atoms with Gasteiger partial charge in [-0.1, -0.05) is 6.07 Å². The third-order valence-electron chi connectivity index (χ3n) is 3.31. The highest BCUT2D eigenvalue weighted by atomic mass is 16.5. The standard InChI is InChI=1S/C13H17N5O/c1-4-12(14-8-11-3-2-6-19-9-11)7-13(5-1)18-10-15-16-17-18/h1,4-5,7,10-11,14H,2-3,6,8-9H2. The smallest absolute Gasteiger partial charge is 0.143 e. The van der Waals surface area contributed by atoms with Crippen molar-refractivity contribution in [1.82, 2.24) is 20.2 Å². The molecule has 1 saturated heterocycles. The molecule has 19 heavy (non-hydrogen) atoms. The van der Waals surface area contributed by atoms with Crippen LogP contribution >= 0.6 is 0 Å². The van der Waals surface area contributed by atoms with Crippen LogP contribution in [-0.2, 0) is 4.74 Å². The molecule has 1 aliphatic rings. The van der Waals surface area contributed by atoms with Crippen molar-refractivity contribution >= 4 is 5.69 Å². The van der Waals surface area contributed by atoms with Crippen molar-refractivity contribution in [2.75, 3.05) is 25.1 Å². The lowest BCUT2D eigenvalue weighted by molar-refractivity contribution is 0.0595. The molecule has 1 aliphatic heterocycles. The van der Waals surface area contributed by atoms with Crippen LogP contribution in [0.3, 0.4) is 0 Å². The predicted octanol–water partition coefficient (Wildman–Crippen LogP) is 1.50. The average Bonchev–Trinajstić information content (AvgIpc) is 3.01. The highest BCUT2D eigenvalue weighted by molar-refractivity contribution is 5.50. The van der Waals surface area contributed by atoms with Gasteiger partial charge in [0.2, 0.25) is 0 Å². The number of benzene rings is 1. The topological polar surface area (TPSA) is 64.9 Å². The quantitative estimate of drug-likeness (QED) is 0.901. The highest BCUT2D eigenvalue weighted by Gasteiger charge is 2.13. The molecule has 1 aromatic carbocycles. The van der Waals surface area contributed by atoms with Crippen LogP contribution in [0, 0.1) is 5.92 Å². The summed E-state index contributed by atoms with van der Waals surface area (Å²) in [5, 5.41) is 14.6. The van der Waals surface area contributed by atoms with Gasteiger partial charge >= 0.3 is 0 Å². The largest absolute Gasteiger partial charge is 0.385 e. The summed E-state index contributed by atoms with van der Waals surface area (Å²) < 4.78 is 7.13. The summed E-state index contributed by atoms with van der Waals surface area (Å²) in [5.74, 6) is 0.602. The van der Waals surface area contributed by atoms with E-state index < -0.39 is 0 Å². The Kier molecular flexibility index (Phi) is 3.69. The minimum Gasteiger partial charge on any atom is -0.385 e. The summed E-state index contributed by atoms with van der Waals surface area (Å²) in [4.78, 5) is 0. The third kappa shape index (κ3) is 3.08. The number of tetrazole rings is 1. The average molecular weight is 259 g/mol. The van der Waals surface area contributed by atoms with Gasteiger partial charge < -0.3 is 10.1 Å². The van der Waals surface area contributed by atoms with Crippen molar-refractivity contribution in [2.24, 2.45) is 5.92 Å². The molecule has 0 spiro atoms. The van der Waals surface area contributed by atoms with Crippen molar-refractivity contribution in [2.45, 2.75) is 12.8 Å². The fourth-order valence-corrected chi connectivity index (χ4v) is 2.27. The molecule has 0 aliphatic carbocycles. The van der Waals surface area contributed by atoms with E-state index in [-0.39, 0.29) is 0 Å². The Morgan fingerprint density at radius 3 is 3.21 bits per heavy atom. The van der Waals surface area contributed by atoms with Gasteiger partial charge in [0.05, 0.1) is 12.3 Å². The zero-order valence-corrected chi connectivity index (χ0v) is 10.7. The molecule has 3 rings (SSSR count). The van der Waals surface area contributed by atoms with Gasteiger partial charge in [0.15, 0.2) is 0 Å². The van der Waals surface area contributed by atoms with Crippen LogP contribution in [-0.4, -0.2) is 40.0 Å². The van der Waals surface area contributed by atoms with E-state index in [4.69, 9.17) is 4.74 Å². The normalized spacial score (nSPS) is 19.3. The second-order valence-electron chi connectivity index (χ2n) is 4.77. The molecular weight excluding hydrogens is 242 g/mol. The minimum atomic E-state index is 0.602. The van der Waals surface area contributed by atoms with Gasteiger partial charge in [0, 0.05) is 18.8 Å². The fraction of sp³-hybridized carbons (Fsp3) is 0.462. The van der Waals surface area contributed by atoms with Crippen molar-refractivity contribution < 1.29 is 4.74 Å². The van der Waals surface area contributed by atoms with Crippen LogP contribution in [0.5, 0.6) is 0 Å². The van der Waals surface area contributed by atoms with Crippen molar-refractivity contribution in [1.29, 1.82) is 0 Å². The third-order valence-corrected chi connectivity index (χ3v) is 3.31. The summed E-state index contributed by atoms with van der Waals surface area (Å²) in [6, 6.07) is 8.07. The number of aromatic nitrogens is 4. The zero-order valence-electron chi connectivity index (χ0n) is 10.7. The Hall–Kier alpha value is -1.95. The highest BCUT2D eigenvalue weighted by Crippen LogP contribution is 2.17. The summed E-state index contributed by atoms with van der Waals surface area (Å²) in [5.41, 5.74) is 2.04. The van der Waals surface area contributed by atoms with Gasteiger partial charge in [-0.2, -0.15) is 0 Å². The molecule has 0 bridgehead atoms. The van der Waals surface area contributed by atoms with Crippen LogP contribution in [0.15, 0.2) is 30.6 Å². The Morgan fingerprint density at radius 1 is 1.42 bits per heavy atom. The molecular formula is C13H17N5O. The van der Waals surface area contributed by atoms with Crippen LogP contribution in [0.25, 0.3) is 5.69 Å². The molecule has 2 aromatic rings. The molecule has 1 atom stereocenters. The number of nitrogens with zero attached hydrogens (tertiary/aromatic N) is 4. The van der Waals surface area contributed by atoms with Gasteiger partial charge in [-0.3, -0.25) is 0 Å². The lowest BCUT2D eigenvalue weighted by Gasteiger charge is -2.22. The number of hydrogen-bond donors (Lipinski definition) is 1. The van der Waals surface area contributed by atoms with Crippen molar-refractivity contribution in [3.8, 4) is 5.69 Å². The van der Waals surface area contributed by atoms with Crippen LogP contribution < -0.4 is 5.32 Å². The molecule has 0 amide bonds. The maximum absolute atomic E-state index is 5.48. The first-order chi connectivity index (χ1) is 9.42. The lowest BCUT2D eigenvalue weighted by atomic mass is 10.0. The molecule has 1 N–H and O–H groups in total. The summed E-state index contributed by atoms with van der Waals surface area (Å²) in [7, 11) is 0. The lowest BCUT2D eigenvalue weighted by Crippen LogP contribution is -2.24. The molecule has 100 valence electrons. The van der Waals surface area contributed by atoms with E-state index in [1.807, 2.05) is 18.2 Å². The van der Waals surface area contributed by atoms with E-state index in [0.29, 0.717) is 5.92 Å². The molecule has 1 aromatic heterocycles. The Balaban J connectivity index is 1.63. The molecule has 1 fully saturated rings. The van der Waals surface area contributed by atoms with E-state index in [2.05, 4.69) is 26.9 Å². The van der Waals surface area contributed by atoms with E-state index in [9.17, 15) is 0 Å². The van der Waals surface area contributed by atoms with Gasteiger partial charge in [-0.25, -0.2) is 4.68 Å². The maximum atomic E-state index is 5.48. The van der Waals surface area contributed by atoms with Crippen molar-refractivity contribution in [3.63, 3.8) is 0 Å². The predicted molar refractivity (Wildman–Crippen MR) is 71.2 cm³/mol. The Labute approximate surface area is 111 Å². The van der Waals surface area contributed by atoms with E-state index in [1.54, 1.807) is 11.0 Å². The summed E-state index contributed by atoms with van der Waals surface area (Å²) in [6.07, 6.45) is 3.99. The molecule has 6 heteroatoms. The molecule has 6 nitrogen and oxygen atoms in total. The van der Waals surface area contributed by atoms with Gasteiger partial charge in [0.25, 0.3) is 0 Å². The van der Waals surface area contributed by atoms with E-state index in [0.717, 1.165) is 37.6 Å². The monoisotopic (exact) mass is 259 g/mol. The first kappa shape index (κ1) is 12.1. The van der Waals surface area contributed by atoms with E-state index in [1.165, 1.54) is 6.42 Å².